The van der Waals surface area contributed by atoms with E-state index in [1.54, 1.807) is 25.6 Å². The van der Waals surface area contributed by atoms with Gasteiger partial charge in [0.1, 0.15) is 11.0 Å². The number of pyridine rings is 1. The lowest BCUT2D eigenvalue weighted by Gasteiger charge is -2.40. The molecule has 3 aromatic heterocycles. The first kappa shape index (κ1) is 21.4. The summed E-state index contributed by atoms with van der Waals surface area (Å²) < 4.78 is 5.55. The molecule has 0 radical (unpaired) electrons. The summed E-state index contributed by atoms with van der Waals surface area (Å²) in [5.41, 5.74) is 9.51. The van der Waals surface area contributed by atoms with Crippen molar-refractivity contribution in [1.29, 1.82) is 0 Å². The molecule has 1 aliphatic heterocycles. The number of carbonyl (C=O) groups is 1. The maximum atomic E-state index is 13.5. The van der Waals surface area contributed by atoms with Crippen molar-refractivity contribution in [1.82, 2.24) is 9.88 Å². The van der Waals surface area contributed by atoms with Gasteiger partial charge in [-0.1, -0.05) is 17.7 Å². The Bertz CT molecular complexity index is 1420. The molecule has 1 amide bonds. The van der Waals surface area contributed by atoms with E-state index >= 15 is 0 Å². The van der Waals surface area contributed by atoms with Crippen LogP contribution >= 0.6 is 11.3 Å². The number of hydrogen-bond acceptors (Lipinski definition) is 7. The molecule has 0 spiro atoms. The third kappa shape index (κ3) is 3.61. The topological polar surface area (TPSA) is 105 Å². The highest BCUT2D eigenvalue weighted by molar-refractivity contribution is 7.10. The molecule has 4 heterocycles. The Balaban J connectivity index is 1.60. The Morgan fingerprint density at radius 1 is 1.33 bits per heavy atom. The van der Waals surface area contributed by atoms with E-state index in [4.69, 9.17) is 15.1 Å². The van der Waals surface area contributed by atoms with Crippen LogP contribution in [0.1, 0.15) is 23.8 Å². The third-order valence-corrected chi connectivity index (χ3v) is 7.49. The number of aromatic nitrogens is 1. The molecule has 0 aromatic carbocycles. The summed E-state index contributed by atoms with van der Waals surface area (Å²) in [6, 6.07) is 7.59. The zero-order chi connectivity index (χ0) is 23.2. The van der Waals surface area contributed by atoms with Crippen LogP contribution in [0.2, 0.25) is 0 Å². The van der Waals surface area contributed by atoms with E-state index in [1.807, 2.05) is 42.7 Å². The summed E-state index contributed by atoms with van der Waals surface area (Å²) in [5.74, 6) is -0.412. The average Bonchev–Trinajstić information content (AvgIpc) is 3.46. The molecule has 0 bridgehead atoms. The lowest BCUT2D eigenvalue weighted by molar-refractivity contribution is -0.132. The molecule has 0 saturated heterocycles. The second-order valence-corrected chi connectivity index (χ2v) is 9.32. The zero-order valence-electron chi connectivity index (χ0n) is 18.4. The van der Waals surface area contributed by atoms with Crippen molar-refractivity contribution in [3.05, 3.63) is 74.8 Å². The molecule has 33 heavy (non-hydrogen) atoms. The Morgan fingerprint density at radius 3 is 3.00 bits per heavy atom. The zero-order valence-corrected chi connectivity index (χ0v) is 19.2. The van der Waals surface area contributed by atoms with E-state index in [1.165, 1.54) is 16.2 Å². The highest BCUT2D eigenvalue weighted by Crippen LogP contribution is 2.46. The minimum Gasteiger partial charge on any atom is -0.464 e. The van der Waals surface area contributed by atoms with Crippen LogP contribution in [0, 0.1) is 5.92 Å². The molecule has 8 heteroatoms. The summed E-state index contributed by atoms with van der Waals surface area (Å²) in [6.07, 6.45) is 9.91. The number of aliphatic hydroxyl groups excluding tert-OH is 1. The molecular formula is C25H24N4O3S. The molecule has 5 rings (SSSR count). The molecule has 2 aliphatic rings. The van der Waals surface area contributed by atoms with Crippen LogP contribution in [-0.4, -0.2) is 33.9 Å². The van der Waals surface area contributed by atoms with Gasteiger partial charge in [0.05, 0.1) is 24.5 Å². The number of aliphatic hydroxyl groups is 1. The summed E-state index contributed by atoms with van der Waals surface area (Å²) in [5, 5.41) is 12.5. The van der Waals surface area contributed by atoms with Crippen LogP contribution in [0.3, 0.4) is 0 Å². The largest absolute Gasteiger partial charge is 0.464 e. The van der Waals surface area contributed by atoms with E-state index in [2.05, 4.69) is 11.1 Å². The van der Waals surface area contributed by atoms with Gasteiger partial charge in [0.25, 0.3) is 0 Å². The van der Waals surface area contributed by atoms with E-state index in [9.17, 15) is 9.90 Å². The molecule has 3 N–H and O–H groups in total. The first-order chi connectivity index (χ1) is 15.9. The van der Waals surface area contributed by atoms with Crippen LogP contribution in [-0.2, 0) is 16.9 Å². The molecule has 3 aromatic rings. The maximum Gasteiger partial charge on any atom is 0.239 e. The number of aliphatic imine (C=N–C) groups is 1. The van der Waals surface area contributed by atoms with E-state index < -0.39 is 11.5 Å². The standard InChI is InChI=1S/C25H24N4O3S/c1-25(21-12-18(14-33-21)19-11-15(13-30)7-9-27-19)22(23(31)29(2)24(26)28-25)17-4-3-16-8-10-32-20(16)6-5-17/h3,5-12,14,22,30H,4,13H2,1-2H3,(H2,26,28)/t22?,25-/m1/s1. The monoisotopic (exact) mass is 460 g/mol. The van der Waals surface area contributed by atoms with E-state index in [-0.39, 0.29) is 18.5 Å². The molecule has 2 atom stereocenters. The van der Waals surface area contributed by atoms with Crippen LogP contribution in [0.5, 0.6) is 0 Å². The van der Waals surface area contributed by atoms with Crippen molar-refractivity contribution < 1.29 is 14.3 Å². The van der Waals surface area contributed by atoms with E-state index in [0.717, 1.165) is 37.9 Å². The van der Waals surface area contributed by atoms with Gasteiger partial charge in [-0.05, 0) is 49.2 Å². The Labute approximate surface area is 194 Å². The summed E-state index contributed by atoms with van der Waals surface area (Å²) in [4.78, 5) is 25.2. The number of hydrogen-bond donors (Lipinski definition) is 2. The Morgan fingerprint density at radius 2 is 2.18 bits per heavy atom. The van der Waals surface area contributed by atoms with Crippen molar-refractivity contribution in [2.24, 2.45) is 16.6 Å². The van der Waals surface area contributed by atoms with Gasteiger partial charge in [0.15, 0.2) is 5.96 Å². The van der Waals surface area contributed by atoms with Crippen molar-refractivity contribution in [3.8, 4) is 11.3 Å². The van der Waals surface area contributed by atoms with Crippen LogP contribution < -0.4 is 16.4 Å². The maximum absolute atomic E-state index is 13.5. The van der Waals surface area contributed by atoms with Gasteiger partial charge in [0.2, 0.25) is 5.91 Å². The van der Waals surface area contributed by atoms with Crippen molar-refractivity contribution in [2.45, 2.75) is 25.5 Å². The quantitative estimate of drug-likeness (QED) is 0.621. The fourth-order valence-corrected chi connectivity index (χ4v) is 5.48. The molecule has 7 nitrogen and oxygen atoms in total. The average molecular weight is 461 g/mol. The minimum atomic E-state index is -0.871. The number of fused-ring (bicyclic) bond motifs is 1. The number of amides is 1. The fraction of sp³-hybridized carbons (Fsp3) is 0.240. The summed E-state index contributed by atoms with van der Waals surface area (Å²) in [7, 11) is 1.66. The summed E-state index contributed by atoms with van der Waals surface area (Å²) >= 11 is 1.53. The lowest BCUT2D eigenvalue weighted by Crippen LogP contribution is -2.54. The van der Waals surface area contributed by atoms with Crippen LogP contribution in [0.15, 0.2) is 63.2 Å². The molecule has 0 saturated carbocycles. The van der Waals surface area contributed by atoms with Crippen molar-refractivity contribution in [3.63, 3.8) is 0 Å². The number of nitrogens with two attached hydrogens (primary N) is 1. The predicted octanol–water partition coefficient (Wildman–Crippen LogP) is 2.10. The van der Waals surface area contributed by atoms with Crippen LogP contribution in [0.4, 0.5) is 0 Å². The lowest BCUT2D eigenvalue weighted by atomic mass is 9.76. The fourth-order valence-electron chi connectivity index (χ4n) is 4.44. The highest BCUT2D eigenvalue weighted by atomic mass is 32.1. The molecular weight excluding hydrogens is 436 g/mol. The number of nitrogens with zero attached hydrogens (tertiary/aromatic N) is 3. The molecule has 0 fully saturated rings. The van der Waals surface area contributed by atoms with Gasteiger partial charge >= 0.3 is 0 Å². The predicted molar refractivity (Wildman–Crippen MR) is 128 cm³/mol. The van der Waals surface area contributed by atoms with Crippen molar-refractivity contribution >= 4 is 35.4 Å². The minimum absolute atomic E-state index is 0.0496. The number of guanidine groups is 1. The Hall–Kier alpha value is -3.49. The second kappa shape index (κ2) is 8.13. The first-order valence-corrected chi connectivity index (χ1v) is 11.5. The van der Waals surface area contributed by atoms with Gasteiger partial charge < -0.3 is 15.3 Å². The number of furan rings is 1. The smallest absolute Gasteiger partial charge is 0.239 e. The van der Waals surface area contributed by atoms with Gasteiger partial charge in [-0.25, -0.2) is 4.99 Å². The summed E-state index contributed by atoms with van der Waals surface area (Å²) in [6.45, 7) is 1.91. The Kier molecular flexibility index (Phi) is 5.26. The SMILES string of the molecule is CN1C(=O)C(C2=CC=c3occc3=CC2)[C@@](C)(c2cc(-c3cc(CO)ccn3)cs2)N=C1N. The molecule has 1 unspecified atom stereocenters. The molecule has 1 aliphatic carbocycles. The van der Waals surface area contributed by atoms with Crippen LogP contribution in [0.25, 0.3) is 23.4 Å². The van der Waals surface area contributed by atoms with Gasteiger partial charge in [-0.2, -0.15) is 0 Å². The van der Waals surface area contributed by atoms with Crippen molar-refractivity contribution in [2.75, 3.05) is 7.05 Å². The number of carbonyl (C=O) groups excluding carboxylic acids is 1. The first-order valence-electron chi connectivity index (χ1n) is 10.6. The normalized spacial score (nSPS) is 22.6. The second-order valence-electron chi connectivity index (χ2n) is 8.41. The number of rotatable bonds is 4. The third-order valence-electron chi connectivity index (χ3n) is 6.34. The van der Waals surface area contributed by atoms with Gasteiger partial charge in [-0.15, -0.1) is 11.3 Å². The number of thiophene rings is 1. The van der Waals surface area contributed by atoms with Gasteiger partial charge in [0, 0.05) is 34.3 Å². The van der Waals surface area contributed by atoms with E-state index in [0.29, 0.717) is 6.42 Å². The van der Waals surface area contributed by atoms with Gasteiger partial charge in [-0.3, -0.25) is 14.7 Å². The molecule has 168 valence electrons. The number of allylic oxidation sites excluding steroid dienone is 1. The highest BCUT2D eigenvalue weighted by Gasteiger charge is 2.48.